The molecule has 0 amide bonds. The molecule has 0 spiro atoms. The predicted octanol–water partition coefficient (Wildman–Crippen LogP) is 1.66. The second kappa shape index (κ2) is 6.31. The van der Waals surface area contributed by atoms with Gasteiger partial charge in [0.2, 0.25) is 5.95 Å². The Morgan fingerprint density at radius 3 is 2.81 bits per heavy atom. The first kappa shape index (κ1) is 16.2. The van der Waals surface area contributed by atoms with Crippen molar-refractivity contribution in [3.05, 3.63) is 51.8 Å². The van der Waals surface area contributed by atoms with E-state index in [1.165, 1.54) is 0 Å². The number of pyridine rings is 1. The molecule has 0 unspecified atom stereocenters. The molecular formula is C19H18N4O4. The minimum absolute atomic E-state index is 0.0243. The monoisotopic (exact) mass is 366 g/mol. The van der Waals surface area contributed by atoms with E-state index in [1.807, 2.05) is 17.0 Å². The molecule has 1 aliphatic carbocycles. The van der Waals surface area contributed by atoms with E-state index >= 15 is 0 Å². The van der Waals surface area contributed by atoms with Gasteiger partial charge in [0.25, 0.3) is 5.56 Å². The first-order chi connectivity index (χ1) is 13.2. The fraction of sp³-hybridized carbons (Fsp3) is 0.368. The van der Waals surface area contributed by atoms with Crippen molar-refractivity contribution in [2.24, 2.45) is 0 Å². The summed E-state index contributed by atoms with van der Waals surface area (Å²) in [6.45, 7) is 2.52. The second-order valence-corrected chi connectivity index (χ2v) is 6.88. The number of morpholine rings is 1. The van der Waals surface area contributed by atoms with Crippen LogP contribution in [0.5, 0.6) is 0 Å². The summed E-state index contributed by atoms with van der Waals surface area (Å²) in [6.07, 6.45) is 4.05. The number of anilines is 1. The standard InChI is InChI=1S/C19H18N4O4/c24-14-9-11(15-2-1-5-27-15)8-12-13(14)10-20-17-16(12)18(25)22-19(21-17)23-3-6-26-7-4-23/h1-2,5,10-11H,3-4,6-9H2,(H,20,21,22,25)/t11-/m1/s1. The van der Waals surface area contributed by atoms with Crippen LogP contribution in [0.25, 0.3) is 11.0 Å². The number of ketones is 1. The quantitative estimate of drug-likeness (QED) is 0.736. The maximum absolute atomic E-state index is 12.9. The van der Waals surface area contributed by atoms with Crippen LogP contribution in [0, 0.1) is 0 Å². The van der Waals surface area contributed by atoms with Crippen LogP contribution < -0.4 is 10.5 Å². The number of fused-ring (bicyclic) bond motifs is 3. The minimum atomic E-state index is -0.265. The Morgan fingerprint density at radius 1 is 1.19 bits per heavy atom. The van der Waals surface area contributed by atoms with Crippen molar-refractivity contribution < 1.29 is 13.9 Å². The molecule has 1 saturated heterocycles. The van der Waals surface area contributed by atoms with Crippen molar-refractivity contribution in [3.63, 3.8) is 0 Å². The summed E-state index contributed by atoms with van der Waals surface area (Å²) in [6, 6.07) is 3.67. The number of hydrogen-bond donors (Lipinski definition) is 1. The van der Waals surface area contributed by atoms with Crippen molar-refractivity contribution >= 4 is 22.8 Å². The Balaban J connectivity index is 1.62. The number of nitrogens with one attached hydrogen (secondary N) is 1. The molecule has 1 atom stereocenters. The number of carbonyl (C=O) groups is 1. The second-order valence-electron chi connectivity index (χ2n) is 6.88. The van der Waals surface area contributed by atoms with Crippen molar-refractivity contribution in [3.8, 4) is 0 Å². The van der Waals surface area contributed by atoms with Gasteiger partial charge in [-0.2, -0.15) is 4.98 Å². The Kier molecular flexibility index (Phi) is 3.78. The van der Waals surface area contributed by atoms with E-state index in [-0.39, 0.29) is 17.3 Å². The molecule has 1 N–H and O–H groups in total. The summed E-state index contributed by atoms with van der Waals surface area (Å²) in [5, 5.41) is 0.397. The zero-order valence-corrected chi connectivity index (χ0v) is 14.6. The first-order valence-corrected chi connectivity index (χ1v) is 9.02. The smallest absolute Gasteiger partial charge is 0.262 e. The fourth-order valence-corrected chi connectivity index (χ4v) is 3.91. The number of H-pyrrole nitrogens is 1. The van der Waals surface area contributed by atoms with Crippen LogP contribution in [-0.4, -0.2) is 47.0 Å². The third-order valence-corrected chi connectivity index (χ3v) is 5.27. The molecule has 0 saturated carbocycles. The summed E-state index contributed by atoms with van der Waals surface area (Å²) >= 11 is 0. The van der Waals surface area contributed by atoms with Crippen molar-refractivity contribution in [1.82, 2.24) is 15.0 Å². The fourth-order valence-electron chi connectivity index (χ4n) is 3.91. The van der Waals surface area contributed by atoms with E-state index in [9.17, 15) is 9.59 Å². The molecule has 3 aromatic heterocycles. The number of ether oxygens (including phenoxy) is 1. The van der Waals surface area contributed by atoms with E-state index in [0.717, 1.165) is 5.76 Å². The van der Waals surface area contributed by atoms with Crippen LogP contribution in [0.4, 0.5) is 5.95 Å². The van der Waals surface area contributed by atoms with Gasteiger partial charge in [-0.25, -0.2) is 4.98 Å². The highest BCUT2D eigenvalue weighted by Crippen LogP contribution is 2.34. The van der Waals surface area contributed by atoms with Gasteiger partial charge in [0.15, 0.2) is 11.4 Å². The third-order valence-electron chi connectivity index (χ3n) is 5.27. The van der Waals surface area contributed by atoms with E-state index in [0.29, 0.717) is 67.3 Å². The first-order valence-electron chi connectivity index (χ1n) is 9.02. The Bertz CT molecular complexity index is 1070. The van der Waals surface area contributed by atoms with Gasteiger partial charge in [0.1, 0.15) is 5.76 Å². The van der Waals surface area contributed by atoms with Crippen molar-refractivity contribution in [2.45, 2.75) is 18.8 Å². The Morgan fingerprint density at radius 2 is 2.04 bits per heavy atom. The molecule has 2 aliphatic rings. The van der Waals surface area contributed by atoms with Gasteiger partial charge in [0.05, 0.1) is 24.9 Å². The molecule has 4 heterocycles. The topological polar surface area (TPSA) is 101 Å². The van der Waals surface area contributed by atoms with E-state index in [4.69, 9.17) is 9.15 Å². The van der Waals surface area contributed by atoms with Gasteiger partial charge < -0.3 is 14.1 Å². The number of carbonyl (C=O) groups excluding carboxylic acids is 1. The molecule has 8 nitrogen and oxygen atoms in total. The molecule has 8 heteroatoms. The zero-order valence-electron chi connectivity index (χ0n) is 14.6. The highest BCUT2D eigenvalue weighted by Gasteiger charge is 2.31. The van der Waals surface area contributed by atoms with Gasteiger partial charge in [0, 0.05) is 37.2 Å². The minimum Gasteiger partial charge on any atom is -0.469 e. The van der Waals surface area contributed by atoms with Gasteiger partial charge in [-0.15, -0.1) is 0 Å². The number of hydrogen-bond acceptors (Lipinski definition) is 7. The average molecular weight is 366 g/mol. The van der Waals surface area contributed by atoms with Gasteiger partial charge in [-0.1, -0.05) is 0 Å². The maximum Gasteiger partial charge on any atom is 0.262 e. The molecule has 27 heavy (non-hydrogen) atoms. The summed E-state index contributed by atoms with van der Waals surface area (Å²) in [5.74, 6) is 1.15. The van der Waals surface area contributed by atoms with Gasteiger partial charge in [-0.3, -0.25) is 14.6 Å². The van der Waals surface area contributed by atoms with E-state index < -0.39 is 0 Å². The van der Waals surface area contributed by atoms with Crippen molar-refractivity contribution in [1.29, 1.82) is 0 Å². The van der Waals surface area contributed by atoms with Crippen LogP contribution >= 0.6 is 0 Å². The van der Waals surface area contributed by atoms with Crippen molar-refractivity contribution in [2.75, 3.05) is 31.2 Å². The predicted molar refractivity (Wildman–Crippen MR) is 97.3 cm³/mol. The summed E-state index contributed by atoms with van der Waals surface area (Å²) < 4.78 is 10.8. The summed E-state index contributed by atoms with van der Waals surface area (Å²) in [7, 11) is 0. The Hall–Kier alpha value is -3.00. The summed E-state index contributed by atoms with van der Waals surface area (Å²) in [4.78, 5) is 39.2. The van der Waals surface area contributed by atoms with Crippen LogP contribution in [0.3, 0.4) is 0 Å². The molecular weight excluding hydrogens is 348 g/mol. The maximum atomic E-state index is 12.9. The van der Waals surface area contributed by atoms with E-state index in [2.05, 4.69) is 15.0 Å². The molecule has 1 fully saturated rings. The SMILES string of the molecule is O=C1C[C@H](c2ccco2)Cc2c1cnc1nc(N3CCOCC3)[nH]c(=O)c21. The molecule has 0 aromatic carbocycles. The molecule has 1 aliphatic heterocycles. The van der Waals surface area contributed by atoms with Gasteiger partial charge >= 0.3 is 0 Å². The molecule has 0 bridgehead atoms. The van der Waals surface area contributed by atoms with Crippen LogP contribution in [-0.2, 0) is 11.2 Å². The Labute approximate surface area is 154 Å². The number of aromatic nitrogens is 3. The molecule has 0 radical (unpaired) electrons. The normalized spacial score (nSPS) is 20.1. The highest BCUT2D eigenvalue weighted by atomic mass is 16.5. The number of rotatable bonds is 2. The van der Waals surface area contributed by atoms with Crippen LogP contribution in [0.2, 0.25) is 0 Å². The van der Waals surface area contributed by atoms with Crippen LogP contribution in [0.1, 0.15) is 34.0 Å². The number of nitrogens with zero attached hydrogens (tertiary/aromatic N) is 3. The molecule has 5 rings (SSSR count). The highest BCUT2D eigenvalue weighted by molar-refractivity contribution is 6.02. The lowest BCUT2D eigenvalue weighted by atomic mass is 9.81. The number of furan rings is 1. The lowest BCUT2D eigenvalue weighted by molar-refractivity contribution is 0.0960. The zero-order chi connectivity index (χ0) is 18.4. The number of aromatic amines is 1. The molecule has 3 aromatic rings. The molecule has 138 valence electrons. The largest absolute Gasteiger partial charge is 0.469 e. The van der Waals surface area contributed by atoms with Gasteiger partial charge in [-0.05, 0) is 24.1 Å². The lowest BCUT2D eigenvalue weighted by Gasteiger charge is -2.27. The third kappa shape index (κ3) is 2.73. The van der Waals surface area contributed by atoms with Crippen LogP contribution in [0.15, 0.2) is 33.8 Å². The van der Waals surface area contributed by atoms with E-state index in [1.54, 1.807) is 12.5 Å². The summed E-state index contributed by atoms with van der Waals surface area (Å²) in [5.41, 5.74) is 1.32. The average Bonchev–Trinajstić information content (AvgIpc) is 3.23. The lowest BCUT2D eigenvalue weighted by Crippen LogP contribution is -2.38. The number of Topliss-reactive ketones (excluding diaryl/α,β-unsaturated/α-hetero) is 1.